The van der Waals surface area contributed by atoms with E-state index in [-0.39, 0.29) is 16.5 Å². The van der Waals surface area contributed by atoms with Crippen molar-refractivity contribution in [2.45, 2.75) is 13.8 Å². The van der Waals surface area contributed by atoms with Crippen LogP contribution in [0.4, 0.5) is 17.1 Å². The molecule has 4 rings (SSSR count). The van der Waals surface area contributed by atoms with Crippen LogP contribution in [0.15, 0.2) is 65.6 Å². The number of carbonyl (C=O) groups excluding carboxylic acids is 3. The molecular formula is C24H20BrN9O6S4. The Morgan fingerprint density at radius 1 is 0.818 bits per heavy atom. The van der Waals surface area contributed by atoms with Crippen LogP contribution in [0.1, 0.15) is 52.5 Å². The van der Waals surface area contributed by atoms with Gasteiger partial charge in [-0.05, 0) is 84.2 Å². The number of carboxylic acid groups (broad SMARTS) is 1. The normalized spacial score (nSPS) is 9.09. The van der Waals surface area contributed by atoms with Gasteiger partial charge in [-0.1, -0.05) is 29.2 Å². The molecular weight excluding hydrogens is 718 g/mol. The molecule has 4 heterocycles. The smallest absolute Gasteiger partial charge is 0.348 e. The number of azide groups is 3. The van der Waals surface area contributed by atoms with Crippen molar-refractivity contribution < 1.29 is 29.0 Å². The number of thiophene rings is 4. The van der Waals surface area contributed by atoms with Crippen molar-refractivity contribution in [3.05, 3.63) is 101 Å². The number of rotatable bonds is 9. The van der Waals surface area contributed by atoms with E-state index >= 15 is 0 Å². The van der Waals surface area contributed by atoms with Crippen LogP contribution in [-0.4, -0.2) is 36.2 Å². The Kier molecular flexibility index (Phi) is 18.1. The second-order valence-corrected chi connectivity index (χ2v) is 12.3. The number of hydrogen-bond acceptors (Lipinski definition) is 12. The fourth-order valence-corrected chi connectivity index (χ4v) is 5.68. The molecule has 1 N–H and O–H groups in total. The monoisotopic (exact) mass is 737 g/mol. The van der Waals surface area contributed by atoms with Crippen LogP contribution >= 0.6 is 61.3 Å². The summed E-state index contributed by atoms with van der Waals surface area (Å²) in [6.45, 7) is 4.28. The summed E-state index contributed by atoms with van der Waals surface area (Å²) < 4.78 is 5.91. The molecule has 44 heavy (non-hydrogen) atoms. The summed E-state index contributed by atoms with van der Waals surface area (Å²) in [4.78, 5) is 51.5. The zero-order valence-electron chi connectivity index (χ0n) is 22.6. The molecule has 228 valence electrons. The standard InChI is InChI=1S/C9H11N3O2S.C5H3BrOS.C5H3N3O2S.C5H3N3OS/c1-6(2)5-14-9(13)8-7(11-12-10)3-4-15-8;6-4-1-2-8-5(4)3-7;6-8-7-3-1-2-11-4(3)5(9)10;6-8-7-4-1-2-10-5(4)3-9/h3-4,6H,5H2,1-2H3;1-3H;1-2H,(H,9,10);1-3H. The van der Waals surface area contributed by atoms with E-state index in [1.807, 2.05) is 25.3 Å². The highest BCUT2D eigenvalue weighted by Gasteiger charge is 2.14. The average Bonchev–Trinajstić information content (AvgIpc) is 3.81. The molecule has 0 aromatic carbocycles. The van der Waals surface area contributed by atoms with Crippen molar-refractivity contribution in [1.82, 2.24) is 0 Å². The number of aromatic carboxylic acids is 1. The van der Waals surface area contributed by atoms with Crippen LogP contribution in [0.2, 0.25) is 0 Å². The third-order valence-corrected chi connectivity index (χ3v) is 8.61. The lowest BCUT2D eigenvalue weighted by molar-refractivity contribution is 0.0465. The number of nitrogens with zero attached hydrogens (tertiary/aromatic N) is 9. The number of carboxylic acids is 1. The van der Waals surface area contributed by atoms with E-state index in [0.717, 1.165) is 27.0 Å². The van der Waals surface area contributed by atoms with Crippen LogP contribution in [-0.2, 0) is 4.74 Å². The van der Waals surface area contributed by atoms with Crippen LogP contribution < -0.4 is 0 Å². The summed E-state index contributed by atoms with van der Waals surface area (Å²) in [5, 5.41) is 25.2. The Morgan fingerprint density at radius 3 is 1.73 bits per heavy atom. The molecule has 20 heteroatoms. The maximum absolute atomic E-state index is 11.5. The minimum atomic E-state index is -1.07. The summed E-state index contributed by atoms with van der Waals surface area (Å²) >= 11 is 8.14. The largest absolute Gasteiger partial charge is 0.477 e. The molecule has 0 saturated heterocycles. The van der Waals surface area contributed by atoms with Crippen molar-refractivity contribution in [3.63, 3.8) is 0 Å². The Labute approximate surface area is 273 Å². The van der Waals surface area contributed by atoms with Gasteiger partial charge in [0.1, 0.15) is 9.75 Å². The van der Waals surface area contributed by atoms with E-state index in [4.69, 9.17) is 26.4 Å². The first kappa shape index (κ1) is 37.5. The molecule has 4 aromatic heterocycles. The molecule has 0 unspecified atom stereocenters. The van der Waals surface area contributed by atoms with Gasteiger partial charge in [-0.3, -0.25) is 9.59 Å². The summed E-state index contributed by atoms with van der Waals surface area (Å²) in [6.07, 6.45) is 1.52. The minimum absolute atomic E-state index is 0.0720. The number of aldehydes is 2. The highest BCUT2D eigenvalue weighted by atomic mass is 79.9. The topological polar surface area (TPSA) is 244 Å². The molecule has 0 bridgehead atoms. The summed E-state index contributed by atoms with van der Waals surface area (Å²) in [6, 6.07) is 6.52. The first-order valence-electron chi connectivity index (χ1n) is 11.5. The van der Waals surface area contributed by atoms with Crippen molar-refractivity contribution in [2.75, 3.05) is 6.61 Å². The van der Waals surface area contributed by atoms with E-state index < -0.39 is 11.9 Å². The fraction of sp³-hybridized carbons (Fsp3) is 0.167. The van der Waals surface area contributed by atoms with Gasteiger partial charge in [0.05, 0.1) is 33.4 Å². The summed E-state index contributed by atoms with van der Waals surface area (Å²) in [5.74, 6) is -1.21. The Bertz CT molecular complexity index is 1680. The molecule has 0 radical (unpaired) electrons. The first-order valence-corrected chi connectivity index (χ1v) is 15.9. The Balaban J connectivity index is 0.000000301. The molecule has 0 amide bonds. The van der Waals surface area contributed by atoms with Gasteiger partial charge in [0.25, 0.3) is 0 Å². The van der Waals surface area contributed by atoms with Gasteiger partial charge in [-0.15, -0.1) is 45.3 Å². The Hall–Kier alpha value is -4.51. The number of hydrogen-bond donors (Lipinski definition) is 1. The van der Waals surface area contributed by atoms with E-state index in [9.17, 15) is 19.2 Å². The Morgan fingerprint density at radius 2 is 1.27 bits per heavy atom. The van der Waals surface area contributed by atoms with Crippen LogP contribution in [0, 0.1) is 5.92 Å². The average molecular weight is 739 g/mol. The third kappa shape index (κ3) is 13.2. The van der Waals surface area contributed by atoms with Crippen molar-refractivity contribution >= 4 is 103 Å². The molecule has 4 aromatic rings. The van der Waals surface area contributed by atoms with E-state index in [1.54, 1.807) is 28.3 Å². The minimum Gasteiger partial charge on any atom is -0.477 e. The van der Waals surface area contributed by atoms with Crippen LogP contribution in [0.25, 0.3) is 31.3 Å². The van der Waals surface area contributed by atoms with Crippen LogP contribution in [0.5, 0.6) is 0 Å². The molecule has 0 aliphatic heterocycles. The highest BCUT2D eigenvalue weighted by Crippen LogP contribution is 2.27. The second kappa shape index (κ2) is 21.2. The van der Waals surface area contributed by atoms with E-state index in [1.165, 1.54) is 40.1 Å². The SMILES string of the molecule is CC(C)COC(=O)c1sccc1N=[N+]=[N-].O=Cc1sccc1Br.[N-]=[N+]=Nc1ccsc1C(=O)O.[N-]=[N+]=Nc1ccsc1C=O. The number of carbonyl (C=O) groups is 4. The maximum atomic E-state index is 11.5. The fourth-order valence-electron chi connectivity index (χ4n) is 2.40. The predicted octanol–water partition coefficient (Wildman–Crippen LogP) is 10.7. The lowest BCUT2D eigenvalue weighted by Crippen LogP contribution is -2.08. The van der Waals surface area contributed by atoms with E-state index in [2.05, 4.69) is 46.0 Å². The molecule has 0 spiro atoms. The number of ether oxygens (including phenoxy) is 1. The number of halogens is 1. The van der Waals surface area contributed by atoms with Gasteiger partial charge < -0.3 is 9.84 Å². The predicted molar refractivity (Wildman–Crippen MR) is 174 cm³/mol. The van der Waals surface area contributed by atoms with Gasteiger partial charge in [-0.25, -0.2) is 9.59 Å². The summed E-state index contributed by atoms with van der Waals surface area (Å²) in [7, 11) is 0. The molecule has 15 nitrogen and oxygen atoms in total. The lowest BCUT2D eigenvalue weighted by atomic mass is 10.2. The number of esters is 1. The maximum Gasteiger partial charge on any atom is 0.348 e. The van der Waals surface area contributed by atoms with Crippen molar-refractivity contribution in [1.29, 1.82) is 0 Å². The molecule has 0 aliphatic rings. The van der Waals surface area contributed by atoms with Crippen molar-refractivity contribution in [2.24, 2.45) is 21.3 Å². The van der Waals surface area contributed by atoms with Gasteiger partial charge in [0.2, 0.25) is 0 Å². The molecule has 0 atom stereocenters. The van der Waals surface area contributed by atoms with Crippen molar-refractivity contribution in [3.8, 4) is 0 Å². The highest BCUT2D eigenvalue weighted by molar-refractivity contribution is 9.10. The summed E-state index contributed by atoms with van der Waals surface area (Å²) in [5.41, 5.74) is 25.2. The van der Waals surface area contributed by atoms with Gasteiger partial charge in [0.15, 0.2) is 12.6 Å². The quantitative estimate of drug-likeness (QED) is 0.0574. The lowest BCUT2D eigenvalue weighted by Gasteiger charge is -2.05. The van der Waals surface area contributed by atoms with Gasteiger partial charge in [-0.2, -0.15) is 0 Å². The molecule has 0 aliphatic carbocycles. The first-order chi connectivity index (χ1) is 21.1. The zero-order valence-corrected chi connectivity index (χ0v) is 27.4. The molecule has 0 fully saturated rings. The second-order valence-electron chi connectivity index (χ2n) is 7.67. The zero-order chi connectivity index (χ0) is 32.9. The van der Waals surface area contributed by atoms with Gasteiger partial charge >= 0.3 is 11.9 Å². The van der Waals surface area contributed by atoms with E-state index in [0.29, 0.717) is 34.0 Å². The molecule has 0 saturated carbocycles. The third-order valence-electron chi connectivity index (χ3n) is 4.21. The van der Waals surface area contributed by atoms with Crippen LogP contribution in [0.3, 0.4) is 0 Å². The van der Waals surface area contributed by atoms with Gasteiger partial charge in [0, 0.05) is 19.2 Å².